The number of carbonyl (C=O) groups excluding carboxylic acids is 1. The van der Waals surface area contributed by atoms with E-state index in [4.69, 9.17) is 0 Å². The van der Waals surface area contributed by atoms with Gasteiger partial charge in [0.2, 0.25) is 5.65 Å². The third kappa shape index (κ3) is 1.77. The number of hydrogen-bond acceptors (Lipinski definition) is 6. The Labute approximate surface area is 102 Å². The maximum Gasteiger partial charge on any atom is 0.380 e. The molecule has 0 saturated heterocycles. The van der Waals surface area contributed by atoms with Gasteiger partial charge in [-0.25, -0.2) is 19.1 Å². The van der Waals surface area contributed by atoms with Crippen LogP contribution in [-0.4, -0.2) is 39.7 Å². The summed E-state index contributed by atoms with van der Waals surface area (Å²) in [6, 6.07) is 1.53. The largest absolute Gasteiger partial charge is 0.464 e. The molecule has 0 N–H and O–H groups in total. The van der Waals surface area contributed by atoms with Crippen molar-refractivity contribution in [2.75, 3.05) is 14.2 Å². The summed E-state index contributed by atoms with van der Waals surface area (Å²) < 4.78 is 6.03. The van der Waals surface area contributed by atoms with E-state index < -0.39 is 5.97 Å². The third-order valence-electron chi connectivity index (χ3n) is 2.39. The van der Waals surface area contributed by atoms with Gasteiger partial charge in [-0.2, -0.15) is 5.10 Å². The van der Waals surface area contributed by atoms with Crippen LogP contribution < -0.4 is 0 Å². The van der Waals surface area contributed by atoms with Gasteiger partial charge in [-0.05, 0) is 13.0 Å². The molecule has 2 aromatic rings. The van der Waals surface area contributed by atoms with Gasteiger partial charge < -0.3 is 4.74 Å². The Kier molecular flexibility index (Phi) is 2.92. The molecule has 0 fully saturated rings. The molecule has 0 saturated carbocycles. The number of aryl methyl sites for hydroxylation is 1. The topological polar surface area (TPSA) is 85.8 Å². The fourth-order valence-corrected chi connectivity index (χ4v) is 1.54. The summed E-state index contributed by atoms with van der Waals surface area (Å²) in [5, 5.41) is 3.99. The molecule has 0 unspecified atom stereocenters. The van der Waals surface area contributed by atoms with Gasteiger partial charge in [-0.1, -0.05) is 0 Å². The van der Waals surface area contributed by atoms with Gasteiger partial charge in [-0.3, -0.25) is 0 Å². The van der Waals surface area contributed by atoms with Crippen LogP contribution in [-0.2, 0) is 9.57 Å². The second-order valence-corrected chi connectivity index (χ2v) is 3.48. The summed E-state index contributed by atoms with van der Waals surface area (Å²) in [6.45, 7) is 1.74. The standard InChI is InChI=1S/C10H11N4O4/c1-6-4-7(10(15)17-2)12-9-8(14(16)18-3)5-11-13(6)9/h4-5H,1-3H3/q+1. The van der Waals surface area contributed by atoms with Gasteiger partial charge in [-0.15, -0.1) is 0 Å². The SMILES string of the molecule is COC(=O)c1cc(C)n2ncc([N+](=O)OC)c2n1. The Bertz CT molecular complexity index is 634. The third-order valence-corrected chi connectivity index (χ3v) is 2.39. The molecule has 0 aliphatic rings. The highest BCUT2D eigenvalue weighted by Crippen LogP contribution is 2.19. The minimum atomic E-state index is -0.581. The fraction of sp³-hybridized carbons (Fsp3) is 0.300. The molecule has 0 spiro atoms. The van der Waals surface area contributed by atoms with Crippen molar-refractivity contribution in [2.45, 2.75) is 6.92 Å². The van der Waals surface area contributed by atoms with Crippen molar-refractivity contribution < 1.29 is 19.3 Å². The molecule has 8 nitrogen and oxygen atoms in total. The van der Waals surface area contributed by atoms with E-state index in [2.05, 4.69) is 19.7 Å². The van der Waals surface area contributed by atoms with Crippen molar-refractivity contribution in [3.8, 4) is 0 Å². The second-order valence-electron chi connectivity index (χ2n) is 3.48. The second kappa shape index (κ2) is 4.40. The lowest BCUT2D eigenvalue weighted by atomic mass is 10.3. The average molecular weight is 251 g/mol. The van der Waals surface area contributed by atoms with Crippen molar-refractivity contribution in [1.82, 2.24) is 14.6 Å². The predicted molar refractivity (Wildman–Crippen MR) is 59.4 cm³/mol. The summed E-state index contributed by atoms with van der Waals surface area (Å²) in [7, 11) is 2.49. The molecule has 0 aromatic carbocycles. The predicted octanol–water partition coefficient (Wildman–Crippen LogP) is 0.796. The van der Waals surface area contributed by atoms with E-state index in [0.29, 0.717) is 5.69 Å². The molecule has 0 aliphatic heterocycles. The number of methoxy groups -OCH3 is 1. The number of nitrogens with zero attached hydrogens (tertiary/aromatic N) is 4. The van der Waals surface area contributed by atoms with E-state index >= 15 is 0 Å². The first-order valence-electron chi connectivity index (χ1n) is 5.03. The molecule has 0 bridgehead atoms. The summed E-state index contributed by atoms with van der Waals surface area (Å²) in [6.07, 6.45) is 1.31. The van der Waals surface area contributed by atoms with Crippen molar-refractivity contribution in [1.29, 1.82) is 0 Å². The molecule has 8 heteroatoms. The normalized spacial score (nSPS) is 10.4. The van der Waals surface area contributed by atoms with Gasteiger partial charge in [0, 0.05) is 5.69 Å². The molecule has 0 amide bonds. The van der Waals surface area contributed by atoms with E-state index in [-0.39, 0.29) is 22.0 Å². The molecule has 0 aliphatic carbocycles. The molecule has 0 atom stereocenters. The molecule has 18 heavy (non-hydrogen) atoms. The van der Waals surface area contributed by atoms with Gasteiger partial charge >= 0.3 is 11.7 Å². The average Bonchev–Trinajstić information content (AvgIpc) is 2.81. The van der Waals surface area contributed by atoms with Gasteiger partial charge in [0.1, 0.15) is 6.20 Å². The van der Waals surface area contributed by atoms with E-state index in [1.54, 1.807) is 6.92 Å². The zero-order valence-electron chi connectivity index (χ0n) is 10.1. The maximum absolute atomic E-state index is 11.4. The van der Waals surface area contributed by atoms with Gasteiger partial charge in [0.25, 0.3) is 4.92 Å². The maximum atomic E-state index is 11.4. The molecule has 2 aromatic heterocycles. The number of hydrogen-bond donors (Lipinski definition) is 0. The molecular formula is C10H11N4O4+. The fourth-order valence-electron chi connectivity index (χ4n) is 1.54. The molecule has 2 rings (SSSR count). The van der Waals surface area contributed by atoms with Crippen molar-refractivity contribution in [3.63, 3.8) is 0 Å². The van der Waals surface area contributed by atoms with Gasteiger partial charge in [0.05, 0.1) is 12.0 Å². The number of rotatable bonds is 3. The minimum absolute atomic E-state index is 0.105. The Morgan fingerprint density at radius 2 is 2.17 bits per heavy atom. The Balaban J connectivity index is 2.68. The Hall–Kier alpha value is -2.51. The van der Waals surface area contributed by atoms with Crippen molar-refractivity contribution in [3.05, 3.63) is 28.6 Å². The zero-order valence-corrected chi connectivity index (χ0v) is 10.1. The minimum Gasteiger partial charge on any atom is -0.464 e. The molecule has 0 radical (unpaired) electrons. The number of esters is 1. The van der Waals surface area contributed by atoms with Gasteiger partial charge in [0.15, 0.2) is 12.8 Å². The highest BCUT2D eigenvalue weighted by molar-refractivity contribution is 5.88. The number of fused-ring (bicyclic) bond motifs is 1. The van der Waals surface area contributed by atoms with E-state index in [1.165, 1.54) is 31.0 Å². The Morgan fingerprint density at radius 3 is 2.78 bits per heavy atom. The van der Waals surface area contributed by atoms with Crippen LogP contribution in [0.1, 0.15) is 16.2 Å². The van der Waals surface area contributed by atoms with Crippen LogP contribution in [0.4, 0.5) is 5.69 Å². The lowest BCUT2D eigenvalue weighted by Crippen LogP contribution is -2.08. The Morgan fingerprint density at radius 1 is 1.44 bits per heavy atom. The number of carbonyl (C=O) groups is 1. The van der Waals surface area contributed by atoms with Crippen molar-refractivity contribution >= 4 is 17.3 Å². The molecule has 94 valence electrons. The van der Waals surface area contributed by atoms with Crippen LogP contribution in [0.25, 0.3) is 5.65 Å². The number of aromatic nitrogens is 3. The van der Waals surface area contributed by atoms with Crippen LogP contribution in [0.15, 0.2) is 12.3 Å². The first-order chi connectivity index (χ1) is 8.58. The summed E-state index contributed by atoms with van der Waals surface area (Å²) >= 11 is 0. The first kappa shape index (κ1) is 12.0. The summed E-state index contributed by atoms with van der Waals surface area (Å²) in [5.74, 6) is -0.581. The van der Waals surface area contributed by atoms with Crippen LogP contribution >= 0.6 is 0 Å². The monoisotopic (exact) mass is 251 g/mol. The highest BCUT2D eigenvalue weighted by atomic mass is 16.8. The lowest BCUT2D eigenvalue weighted by molar-refractivity contribution is -0.735. The van der Waals surface area contributed by atoms with E-state index in [0.717, 1.165) is 0 Å². The van der Waals surface area contributed by atoms with Crippen LogP contribution in [0.2, 0.25) is 0 Å². The number of ether oxygens (including phenoxy) is 1. The van der Waals surface area contributed by atoms with E-state index in [1.807, 2.05) is 0 Å². The van der Waals surface area contributed by atoms with Crippen molar-refractivity contribution in [2.24, 2.45) is 0 Å². The van der Waals surface area contributed by atoms with Crippen LogP contribution in [0.3, 0.4) is 0 Å². The molecular weight excluding hydrogens is 240 g/mol. The molecule has 2 heterocycles. The van der Waals surface area contributed by atoms with Crippen LogP contribution in [0.5, 0.6) is 0 Å². The quantitative estimate of drug-likeness (QED) is 0.592. The van der Waals surface area contributed by atoms with E-state index in [9.17, 15) is 9.70 Å². The zero-order chi connectivity index (χ0) is 13.3. The summed E-state index contributed by atoms with van der Waals surface area (Å²) in [5.41, 5.74) is 1.10. The smallest absolute Gasteiger partial charge is 0.380 e. The lowest BCUT2D eigenvalue weighted by Gasteiger charge is -2.01. The highest BCUT2D eigenvalue weighted by Gasteiger charge is 2.25. The summed E-state index contributed by atoms with van der Waals surface area (Å²) in [4.78, 5) is 31.7. The van der Waals surface area contributed by atoms with Crippen LogP contribution in [0, 0.1) is 11.8 Å². The first-order valence-corrected chi connectivity index (χ1v) is 5.03.